The summed E-state index contributed by atoms with van der Waals surface area (Å²) in [7, 11) is 0. The molecule has 0 heterocycles. The van der Waals surface area contributed by atoms with E-state index in [2.05, 4.69) is 5.32 Å². The van der Waals surface area contributed by atoms with Gasteiger partial charge in [0.2, 0.25) is 5.91 Å². The lowest BCUT2D eigenvalue weighted by Gasteiger charge is -2.21. The second kappa shape index (κ2) is 5.09. The lowest BCUT2D eigenvalue weighted by Crippen LogP contribution is -2.47. The van der Waals surface area contributed by atoms with E-state index in [0.29, 0.717) is 6.42 Å². The van der Waals surface area contributed by atoms with Gasteiger partial charge in [0.25, 0.3) is 5.69 Å². The largest absolute Gasteiger partial charge is 0.322 e. The maximum absolute atomic E-state index is 13.5. The van der Waals surface area contributed by atoms with Crippen LogP contribution in [0.3, 0.4) is 0 Å². The highest BCUT2D eigenvalue weighted by atomic mass is 19.1. The number of halogens is 1. The van der Waals surface area contributed by atoms with E-state index in [1.807, 2.05) is 0 Å². The second-order valence-electron chi connectivity index (χ2n) is 4.15. The van der Waals surface area contributed by atoms with Crippen molar-refractivity contribution in [2.75, 3.05) is 5.32 Å². The molecule has 0 fully saturated rings. The van der Waals surface area contributed by atoms with Gasteiger partial charge in [-0.15, -0.1) is 0 Å². The Morgan fingerprint density at radius 2 is 2.22 bits per heavy atom. The highest BCUT2D eigenvalue weighted by Crippen LogP contribution is 2.21. The molecule has 18 heavy (non-hydrogen) atoms. The average Bonchev–Trinajstić information content (AvgIpc) is 2.31. The fraction of sp³-hybridized carbons (Fsp3) is 0.364. The second-order valence-corrected chi connectivity index (χ2v) is 4.15. The zero-order valence-corrected chi connectivity index (χ0v) is 10.1. The standard InChI is InChI=1S/C11H14FN3O3/c1-3-11(2,13)10(16)14-9-5-4-7(15(17)18)6-8(9)12/h4-6H,3,13H2,1-2H3,(H,14,16). The molecular weight excluding hydrogens is 241 g/mol. The Kier molecular flexibility index (Phi) is 3.97. The summed E-state index contributed by atoms with van der Waals surface area (Å²) in [5.74, 6) is -1.41. The van der Waals surface area contributed by atoms with Crippen LogP contribution in [0.25, 0.3) is 0 Å². The van der Waals surface area contributed by atoms with Gasteiger partial charge < -0.3 is 11.1 Å². The molecule has 1 amide bonds. The fourth-order valence-electron chi connectivity index (χ4n) is 1.14. The molecule has 1 aromatic rings. The maximum Gasteiger partial charge on any atom is 0.272 e. The van der Waals surface area contributed by atoms with Crippen LogP contribution in [-0.4, -0.2) is 16.4 Å². The molecule has 3 N–H and O–H groups in total. The summed E-state index contributed by atoms with van der Waals surface area (Å²) in [6.07, 6.45) is 0.382. The highest BCUT2D eigenvalue weighted by molar-refractivity contribution is 5.97. The molecule has 0 saturated carbocycles. The number of nitrogens with two attached hydrogens (primary N) is 1. The number of hydrogen-bond donors (Lipinski definition) is 2. The number of rotatable bonds is 4. The quantitative estimate of drug-likeness (QED) is 0.633. The molecule has 0 bridgehead atoms. The van der Waals surface area contributed by atoms with Crippen LogP contribution >= 0.6 is 0 Å². The first-order valence-corrected chi connectivity index (χ1v) is 5.32. The third-order valence-electron chi connectivity index (χ3n) is 2.66. The van der Waals surface area contributed by atoms with Gasteiger partial charge >= 0.3 is 0 Å². The Morgan fingerprint density at radius 3 is 2.67 bits per heavy atom. The van der Waals surface area contributed by atoms with Crippen LogP contribution in [0.5, 0.6) is 0 Å². The first-order chi connectivity index (χ1) is 8.27. The third kappa shape index (κ3) is 3.01. The van der Waals surface area contributed by atoms with Crippen LogP contribution in [0.1, 0.15) is 20.3 Å². The highest BCUT2D eigenvalue weighted by Gasteiger charge is 2.26. The number of nitrogens with zero attached hydrogens (tertiary/aromatic N) is 1. The summed E-state index contributed by atoms with van der Waals surface area (Å²) in [5.41, 5.74) is 4.07. The Bertz CT molecular complexity index is 488. The SMILES string of the molecule is CCC(C)(N)C(=O)Nc1ccc([N+](=O)[O-])cc1F. The van der Waals surface area contributed by atoms with Gasteiger partial charge in [-0.1, -0.05) is 6.92 Å². The lowest BCUT2D eigenvalue weighted by atomic mass is 9.99. The molecule has 98 valence electrons. The predicted octanol–water partition coefficient (Wildman–Crippen LogP) is 1.80. The predicted molar refractivity (Wildman–Crippen MR) is 64.6 cm³/mol. The van der Waals surface area contributed by atoms with Crippen LogP contribution in [-0.2, 0) is 4.79 Å². The van der Waals surface area contributed by atoms with Gasteiger partial charge in [0.15, 0.2) is 5.82 Å². The number of carbonyl (C=O) groups is 1. The fourth-order valence-corrected chi connectivity index (χ4v) is 1.14. The summed E-state index contributed by atoms with van der Waals surface area (Å²) < 4.78 is 13.5. The van der Waals surface area contributed by atoms with Crippen molar-refractivity contribution in [3.8, 4) is 0 Å². The smallest absolute Gasteiger partial charge is 0.272 e. The molecule has 0 saturated heterocycles. The van der Waals surface area contributed by atoms with Crippen LogP contribution in [0, 0.1) is 15.9 Å². The van der Waals surface area contributed by atoms with E-state index in [4.69, 9.17) is 5.73 Å². The number of hydrogen-bond acceptors (Lipinski definition) is 4. The molecule has 0 aliphatic rings. The number of carbonyl (C=O) groups excluding carboxylic acids is 1. The summed E-state index contributed by atoms with van der Waals surface area (Å²) in [5, 5.41) is 12.7. The van der Waals surface area contributed by atoms with Gasteiger partial charge in [0.05, 0.1) is 22.2 Å². The van der Waals surface area contributed by atoms with Crippen molar-refractivity contribution in [3.05, 3.63) is 34.1 Å². The number of nitro groups is 1. The third-order valence-corrected chi connectivity index (χ3v) is 2.66. The van der Waals surface area contributed by atoms with E-state index >= 15 is 0 Å². The molecule has 0 radical (unpaired) electrons. The van der Waals surface area contributed by atoms with Crippen molar-refractivity contribution < 1.29 is 14.1 Å². The molecule has 1 rings (SSSR count). The minimum Gasteiger partial charge on any atom is -0.322 e. The first kappa shape index (κ1) is 14.0. The normalized spacial score (nSPS) is 13.8. The molecular formula is C11H14FN3O3. The number of nitrogens with one attached hydrogen (secondary N) is 1. The molecule has 1 unspecified atom stereocenters. The van der Waals surface area contributed by atoms with Crippen LogP contribution < -0.4 is 11.1 Å². The number of anilines is 1. The van der Waals surface area contributed by atoms with Gasteiger partial charge in [-0.3, -0.25) is 14.9 Å². The number of nitro benzene ring substituents is 1. The number of amides is 1. The van der Waals surface area contributed by atoms with Gasteiger partial charge in [-0.2, -0.15) is 0 Å². The number of benzene rings is 1. The molecule has 0 aliphatic heterocycles. The first-order valence-electron chi connectivity index (χ1n) is 5.32. The topological polar surface area (TPSA) is 98.3 Å². The van der Waals surface area contributed by atoms with Crippen LogP contribution in [0.15, 0.2) is 18.2 Å². The van der Waals surface area contributed by atoms with Crippen LogP contribution in [0.2, 0.25) is 0 Å². The summed E-state index contributed by atoms with van der Waals surface area (Å²) >= 11 is 0. The molecule has 1 atom stereocenters. The summed E-state index contributed by atoms with van der Waals surface area (Å²) in [4.78, 5) is 21.4. The van der Waals surface area contributed by atoms with E-state index in [-0.39, 0.29) is 11.4 Å². The Morgan fingerprint density at radius 1 is 1.61 bits per heavy atom. The van der Waals surface area contributed by atoms with E-state index in [9.17, 15) is 19.3 Å². The van der Waals surface area contributed by atoms with Gasteiger partial charge in [0, 0.05) is 6.07 Å². The molecule has 0 spiro atoms. The van der Waals surface area contributed by atoms with Gasteiger partial charge in [-0.05, 0) is 19.4 Å². The molecule has 6 nitrogen and oxygen atoms in total. The zero-order chi connectivity index (χ0) is 13.9. The van der Waals surface area contributed by atoms with Crippen molar-refractivity contribution in [1.29, 1.82) is 0 Å². The van der Waals surface area contributed by atoms with Gasteiger partial charge in [0.1, 0.15) is 0 Å². The molecule has 0 aromatic heterocycles. The maximum atomic E-state index is 13.5. The van der Waals surface area contributed by atoms with Crippen LogP contribution in [0.4, 0.5) is 15.8 Å². The molecule has 1 aromatic carbocycles. The summed E-state index contributed by atoms with van der Waals surface area (Å²) in [6, 6.07) is 2.99. The van der Waals surface area contributed by atoms with Crippen molar-refractivity contribution >= 4 is 17.3 Å². The number of non-ortho nitro benzene ring substituents is 1. The Labute approximate surface area is 103 Å². The lowest BCUT2D eigenvalue weighted by molar-refractivity contribution is -0.385. The summed E-state index contributed by atoms with van der Waals surface area (Å²) in [6.45, 7) is 3.25. The van der Waals surface area contributed by atoms with E-state index in [0.717, 1.165) is 18.2 Å². The van der Waals surface area contributed by atoms with Crippen molar-refractivity contribution in [2.24, 2.45) is 5.73 Å². The minimum absolute atomic E-state index is 0.129. The Hall–Kier alpha value is -2.02. The van der Waals surface area contributed by atoms with Gasteiger partial charge in [-0.25, -0.2) is 4.39 Å². The van der Waals surface area contributed by atoms with Crippen molar-refractivity contribution in [1.82, 2.24) is 0 Å². The van der Waals surface area contributed by atoms with E-state index in [1.165, 1.54) is 6.92 Å². The van der Waals surface area contributed by atoms with E-state index in [1.54, 1.807) is 6.92 Å². The average molecular weight is 255 g/mol. The minimum atomic E-state index is -1.12. The molecule has 7 heteroatoms. The zero-order valence-electron chi connectivity index (χ0n) is 10.1. The Balaban J connectivity index is 2.93. The molecule has 0 aliphatic carbocycles. The van der Waals surface area contributed by atoms with Crippen molar-refractivity contribution in [3.63, 3.8) is 0 Å². The van der Waals surface area contributed by atoms with E-state index < -0.39 is 22.2 Å². The monoisotopic (exact) mass is 255 g/mol. The van der Waals surface area contributed by atoms with Crippen molar-refractivity contribution in [2.45, 2.75) is 25.8 Å².